The molecule has 146 valence electrons. The minimum Gasteiger partial charge on any atom is -0.454 e. The Morgan fingerprint density at radius 3 is 2.86 bits per heavy atom. The molecular weight excluding hydrogens is 366 g/mol. The van der Waals surface area contributed by atoms with E-state index in [4.69, 9.17) is 9.47 Å². The first-order chi connectivity index (χ1) is 14.2. The lowest BCUT2D eigenvalue weighted by atomic mass is 10.1. The first-order valence-corrected chi connectivity index (χ1v) is 9.69. The van der Waals surface area contributed by atoms with Gasteiger partial charge in [0.05, 0.1) is 11.9 Å². The summed E-state index contributed by atoms with van der Waals surface area (Å²) in [7, 11) is 0. The summed E-state index contributed by atoms with van der Waals surface area (Å²) in [6, 6.07) is 17.7. The van der Waals surface area contributed by atoms with Crippen molar-refractivity contribution in [3.63, 3.8) is 0 Å². The Bertz CT molecular complexity index is 1070. The Balaban J connectivity index is 1.27. The molecule has 0 saturated heterocycles. The van der Waals surface area contributed by atoms with E-state index in [9.17, 15) is 4.79 Å². The van der Waals surface area contributed by atoms with Gasteiger partial charge in [-0.3, -0.25) is 4.79 Å². The monoisotopic (exact) mass is 387 g/mol. The molecule has 2 aliphatic heterocycles. The number of hydrogen-bond donors (Lipinski definition) is 1. The number of hydrogen-bond acceptors (Lipinski definition) is 5. The molecule has 2 aromatic carbocycles. The quantitative estimate of drug-likeness (QED) is 0.733. The van der Waals surface area contributed by atoms with E-state index >= 15 is 0 Å². The average molecular weight is 387 g/mol. The van der Waals surface area contributed by atoms with E-state index in [2.05, 4.69) is 23.3 Å². The van der Waals surface area contributed by atoms with Gasteiger partial charge >= 0.3 is 0 Å². The maximum atomic E-state index is 13.0. The second-order valence-electron chi connectivity index (χ2n) is 7.33. The zero-order chi connectivity index (χ0) is 19.8. The highest BCUT2D eigenvalue weighted by Crippen LogP contribution is 2.34. The van der Waals surface area contributed by atoms with Crippen LogP contribution in [0.25, 0.3) is 0 Å². The van der Waals surface area contributed by atoms with Crippen LogP contribution in [0.1, 0.15) is 28.5 Å². The van der Waals surface area contributed by atoms with Gasteiger partial charge in [-0.05, 0) is 54.8 Å². The minimum atomic E-state index is -0.0650. The standard InChI is InChI=1S/C23H21N3O3/c1-15-10-17-4-2-3-5-20(17)26(15)23(27)19-8-7-18(13-25-19)24-12-16-6-9-21-22(11-16)29-14-28-21/h2-9,11,13,15,24H,10,12,14H2,1H3. The first kappa shape index (κ1) is 17.6. The van der Waals surface area contributed by atoms with Crippen molar-refractivity contribution in [3.8, 4) is 11.5 Å². The maximum absolute atomic E-state index is 13.0. The number of carbonyl (C=O) groups excluding carboxylic acids is 1. The largest absolute Gasteiger partial charge is 0.454 e. The van der Waals surface area contributed by atoms with Crippen LogP contribution in [0.15, 0.2) is 60.8 Å². The molecule has 1 aromatic heterocycles. The predicted octanol–water partition coefficient (Wildman–Crippen LogP) is 4.01. The van der Waals surface area contributed by atoms with Gasteiger partial charge in [0, 0.05) is 18.3 Å². The van der Waals surface area contributed by atoms with Crippen LogP contribution >= 0.6 is 0 Å². The number of para-hydroxylation sites is 1. The summed E-state index contributed by atoms with van der Waals surface area (Å²) in [5.74, 6) is 1.48. The first-order valence-electron chi connectivity index (χ1n) is 9.69. The second kappa shape index (κ2) is 7.13. The van der Waals surface area contributed by atoms with Crippen LogP contribution in [0.5, 0.6) is 11.5 Å². The highest BCUT2D eigenvalue weighted by molar-refractivity contribution is 6.06. The SMILES string of the molecule is CC1Cc2ccccc2N1C(=O)c1ccc(NCc2ccc3c(c2)OCO3)cn1. The number of nitrogens with zero attached hydrogens (tertiary/aromatic N) is 2. The molecule has 6 heteroatoms. The summed E-state index contributed by atoms with van der Waals surface area (Å²) in [5.41, 5.74) is 4.57. The van der Waals surface area contributed by atoms with E-state index < -0.39 is 0 Å². The summed E-state index contributed by atoms with van der Waals surface area (Å²) < 4.78 is 10.7. The molecular formula is C23H21N3O3. The van der Waals surface area contributed by atoms with Gasteiger partial charge in [0.25, 0.3) is 5.91 Å². The number of rotatable bonds is 4. The molecule has 29 heavy (non-hydrogen) atoms. The van der Waals surface area contributed by atoms with Crippen LogP contribution in [-0.4, -0.2) is 23.7 Å². The van der Waals surface area contributed by atoms with Gasteiger partial charge in [-0.15, -0.1) is 0 Å². The van der Waals surface area contributed by atoms with Gasteiger partial charge in [-0.2, -0.15) is 0 Å². The van der Waals surface area contributed by atoms with Crippen LogP contribution in [0.4, 0.5) is 11.4 Å². The number of fused-ring (bicyclic) bond motifs is 2. The lowest BCUT2D eigenvalue weighted by molar-refractivity contribution is 0.0976. The predicted molar refractivity (Wildman–Crippen MR) is 111 cm³/mol. The molecule has 3 heterocycles. The Kier molecular flexibility index (Phi) is 4.31. The molecule has 0 bridgehead atoms. The number of nitrogens with one attached hydrogen (secondary N) is 1. The molecule has 1 atom stereocenters. The van der Waals surface area contributed by atoms with Gasteiger partial charge < -0.3 is 19.7 Å². The van der Waals surface area contributed by atoms with Crippen LogP contribution in [0.2, 0.25) is 0 Å². The van der Waals surface area contributed by atoms with Crippen molar-refractivity contribution in [2.75, 3.05) is 17.0 Å². The van der Waals surface area contributed by atoms with E-state index in [1.54, 1.807) is 12.3 Å². The van der Waals surface area contributed by atoms with Crippen LogP contribution in [-0.2, 0) is 13.0 Å². The van der Waals surface area contributed by atoms with Crippen molar-refractivity contribution in [2.24, 2.45) is 0 Å². The molecule has 0 fully saturated rings. The van der Waals surface area contributed by atoms with Gasteiger partial charge in [-0.25, -0.2) is 4.98 Å². The van der Waals surface area contributed by atoms with E-state index in [0.717, 1.165) is 34.9 Å². The van der Waals surface area contributed by atoms with Crippen molar-refractivity contribution >= 4 is 17.3 Å². The molecule has 6 nitrogen and oxygen atoms in total. The summed E-state index contributed by atoms with van der Waals surface area (Å²) in [5, 5.41) is 3.33. The smallest absolute Gasteiger partial charge is 0.277 e. The molecule has 1 unspecified atom stereocenters. The van der Waals surface area contributed by atoms with Gasteiger partial charge in [0.1, 0.15) is 5.69 Å². The van der Waals surface area contributed by atoms with E-state index in [-0.39, 0.29) is 18.7 Å². The highest BCUT2D eigenvalue weighted by Gasteiger charge is 2.31. The number of anilines is 2. The number of benzene rings is 2. The normalized spacial score (nSPS) is 16.6. The molecule has 0 saturated carbocycles. The molecule has 5 rings (SSSR count). The van der Waals surface area contributed by atoms with Crippen LogP contribution in [0, 0.1) is 0 Å². The van der Waals surface area contributed by atoms with Crippen molar-refractivity contribution in [2.45, 2.75) is 25.9 Å². The van der Waals surface area contributed by atoms with E-state index in [1.807, 2.05) is 47.4 Å². The molecule has 0 spiro atoms. The van der Waals surface area contributed by atoms with E-state index in [0.29, 0.717) is 12.2 Å². The molecule has 0 radical (unpaired) electrons. The Morgan fingerprint density at radius 1 is 1.14 bits per heavy atom. The molecule has 3 aromatic rings. The highest BCUT2D eigenvalue weighted by atomic mass is 16.7. The van der Waals surface area contributed by atoms with Crippen molar-refractivity contribution in [1.29, 1.82) is 0 Å². The third-order valence-electron chi connectivity index (χ3n) is 5.34. The Morgan fingerprint density at radius 2 is 2.00 bits per heavy atom. The summed E-state index contributed by atoms with van der Waals surface area (Å²) in [6.07, 6.45) is 2.57. The average Bonchev–Trinajstić information content (AvgIpc) is 3.35. The third kappa shape index (κ3) is 3.27. The van der Waals surface area contributed by atoms with Crippen molar-refractivity contribution in [3.05, 3.63) is 77.6 Å². The maximum Gasteiger partial charge on any atom is 0.277 e. The lowest BCUT2D eigenvalue weighted by Gasteiger charge is -2.22. The fraction of sp³-hybridized carbons (Fsp3) is 0.217. The van der Waals surface area contributed by atoms with E-state index in [1.165, 1.54) is 5.56 Å². The van der Waals surface area contributed by atoms with Crippen LogP contribution < -0.4 is 19.7 Å². The lowest BCUT2D eigenvalue weighted by Crippen LogP contribution is -2.36. The zero-order valence-electron chi connectivity index (χ0n) is 16.1. The summed E-state index contributed by atoms with van der Waals surface area (Å²) in [4.78, 5) is 19.3. The minimum absolute atomic E-state index is 0.0650. The number of carbonyl (C=O) groups is 1. The summed E-state index contributed by atoms with van der Waals surface area (Å²) in [6.45, 7) is 2.97. The molecule has 0 aliphatic carbocycles. The Hall–Kier alpha value is -3.54. The zero-order valence-corrected chi connectivity index (χ0v) is 16.1. The van der Waals surface area contributed by atoms with Gasteiger partial charge in [0.15, 0.2) is 11.5 Å². The summed E-state index contributed by atoms with van der Waals surface area (Å²) >= 11 is 0. The fourth-order valence-corrected chi connectivity index (χ4v) is 3.88. The van der Waals surface area contributed by atoms with Crippen LogP contribution in [0.3, 0.4) is 0 Å². The fourth-order valence-electron chi connectivity index (χ4n) is 3.88. The molecule has 2 aliphatic rings. The van der Waals surface area contributed by atoms with Gasteiger partial charge in [-0.1, -0.05) is 24.3 Å². The molecule has 1 N–H and O–H groups in total. The topological polar surface area (TPSA) is 63.7 Å². The number of amides is 1. The Labute approximate surface area is 169 Å². The number of aromatic nitrogens is 1. The third-order valence-corrected chi connectivity index (χ3v) is 5.34. The molecule has 1 amide bonds. The van der Waals surface area contributed by atoms with Gasteiger partial charge in [0.2, 0.25) is 6.79 Å². The second-order valence-corrected chi connectivity index (χ2v) is 7.33. The number of pyridine rings is 1. The number of ether oxygens (including phenoxy) is 2. The van der Waals surface area contributed by atoms with Crippen molar-refractivity contribution < 1.29 is 14.3 Å². The van der Waals surface area contributed by atoms with Crippen molar-refractivity contribution in [1.82, 2.24) is 4.98 Å².